The fourth-order valence-electron chi connectivity index (χ4n) is 2.05. The first-order chi connectivity index (χ1) is 8.79. The number of esters is 1. The van der Waals surface area contributed by atoms with E-state index in [9.17, 15) is 4.79 Å². The molecular formula is C15H19NO2. The van der Waals surface area contributed by atoms with E-state index in [1.54, 1.807) is 12.1 Å². The minimum atomic E-state index is -0.259. The Morgan fingerprint density at radius 2 is 2.22 bits per heavy atom. The van der Waals surface area contributed by atoms with Crippen molar-refractivity contribution in [2.75, 3.05) is 13.2 Å². The molecule has 2 rings (SSSR count). The standard InChI is InChI=1S/C15H19NO2/c1-2-18-15(17)13-8-5-12(6-9-13)7-10-14-4-3-11-16-14/h5-10,14,16H,2-4,11H2,1H3/b10-7+/t14-/m0/s1. The van der Waals surface area contributed by atoms with Gasteiger partial charge in [-0.3, -0.25) is 0 Å². The Bertz CT molecular complexity index is 417. The summed E-state index contributed by atoms with van der Waals surface area (Å²) < 4.78 is 4.94. The van der Waals surface area contributed by atoms with Crippen molar-refractivity contribution in [2.45, 2.75) is 25.8 Å². The van der Waals surface area contributed by atoms with Crippen LogP contribution in [0.2, 0.25) is 0 Å². The Kier molecular flexibility index (Phi) is 4.53. The Morgan fingerprint density at radius 1 is 1.44 bits per heavy atom. The van der Waals surface area contributed by atoms with E-state index < -0.39 is 0 Å². The van der Waals surface area contributed by atoms with Crippen molar-refractivity contribution < 1.29 is 9.53 Å². The predicted octanol–water partition coefficient (Wildman–Crippen LogP) is 2.63. The summed E-state index contributed by atoms with van der Waals surface area (Å²) in [5, 5.41) is 3.41. The molecule has 0 unspecified atom stereocenters. The molecule has 0 saturated carbocycles. The van der Waals surface area contributed by atoms with Gasteiger partial charge in [-0.15, -0.1) is 0 Å². The monoisotopic (exact) mass is 245 g/mol. The molecule has 0 amide bonds. The Balaban J connectivity index is 1.96. The minimum absolute atomic E-state index is 0.259. The smallest absolute Gasteiger partial charge is 0.338 e. The molecular weight excluding hydrogens is 226 g/mol. The molecule has 3 heteroatoms. The SMILES string of the molecule is CCOC(=O)c1ccc(/C=C/[C@@H]2CCCN2)cc1. The largest absolute Gasteiger partial charge is 0.462 e. The fourth-order valence-corrected chi connectivity index (χ4v) is 2.05. The van der Waals surface area contributed by atoms with E-state index >= 15 is 0 Å². The first-order valence-electron chi connectivity index (χ1n) is 6.48. The molecule has 1 heterocycles. The van der Waals surface area contributed by atoms with Gasteiger partial charge in [-0.2, -0.15) is 0 Å². The molecule has 0 radical (unpaired) electrons. The van der Waals surface area contributed by atoms with Gasteiger partial charge in [-0.25, -0.2) is 4.79 Å². The molecule has 96 valence electrons. The van der Waals surface area contributed by atoms with E-state index in [4.69, 9.17) is 4.74 Å². The Morgan fingerprint density at radius 3 is 2.83 bits per heavy atom. The lowest BCUT2D eigenvalue weighted by molar-refractivity contribution is 0.0526. The third-order valence-electron chi connectivity index (χ3n) is 3.04. The molecule has 1 aliphatic rings. The molecule has 3 nitrogen and oxygen atoms in total. The summed E-state index contributed by atoms with van der Waals surface area (Å²) in [7, 11) is 0. The highest BCUT2D eigenvalue weighted by Crippen LogP contribution is 2.11. The number of hydrogen-bond donors (Lipinski definition) is 1. The Labute approximate surface area is 108 Å². The molecule has 0 aromatic heterocycles. The van der Waals surface area contributed by atoms with E-state index in [2.05, 4.69) is 17.5 Å². The second kappa shape index (κ2) is 6.36. The van der Waals surface area contributed by atoms with Crippen LogP contribution in [0.5, 0.6) is 0 Å². The summed E-state index contributed by atoms with van der Waals surface area (Å²) >= 11 is 0. The third-order valence-corrected chi connectivity index (χ3v) is 3.04. The van der Waals surface area contributed by atoms with Gasteiger partial charge in [-0.05, 0) is 44.0 Å². The quantitative estimate of drug-likeness (QED) is 0.829. The van der Waals surface area contributed by atoms with Crippen molar-refractivity contribution in [3.8, 4) is 0 Å². The van der Waals surface area contributed by atoms with Crippen LogP contribution in [0.25, 0.3) is 6.08 Å². The van der Waals surface area contributed by atoms with Crippen molar-refractivity contribution in [1.29, 1.82) is 0 Å². The van der Waals surface area contributed by atoms with Crippen LogP contribution in [0.15, 0.2) is 30.3 Å². The zero-order chi connectivity index (χ0) is 12.8. The van der Waals surface area contributed by atoms with Crippen molar-refractivity contribution in [3.05, 3.63) is 41.5 Å². The van der Waals surface area contributed by atoms with E-state index in [-0.39, 0.29) is 5.97 Å². The zero-order valence-corrected chi connectivity index (χ0v) is 10.7. The van der Waals surface area contributed by atoms with Crippen molar-refractivity contribution >= 4 is 12.0 Å². The topological polar surface area (TPSA) is 38.3 Å². The summed E-state index contributed by atoms with van der Waals surface area (Å²) in [6, 6.07) is 7.99. The van der Waals surface area contributed by atoms with E-state index in [1.807, 2.05) is 19.1 Å². The first-order valence-corrected chi connectivity index (χ1v) is 6.48. The molecule has 1 aromatic carbocycles. The minimum Gasteiger partial charge on any atom is -0.462 e. The molecule has 1 saturated heterocycles. The lowest BCUT2D eigenvalue weighted by Gasteiger charge is -2.03. The zero-order valence-electron chi connectivity index (χ0n) is 10.7. The lowest BCUT2D eigenvalue weighted by Crippen LogP contribution is -2.17. The van der Waals surface area contributed by atoms with Gasteiger partial charge in [-0.1, -0.05) is 24.3 Å². The molecule has 1 fully saturated rings. The normalized spacial score (nSPS) is 19.3. The van der Waals surface area contributed by atoms with Gasteiger partial charge in [0, 0.05) is 6.04 Å². The third kappa shape index (κ3) is 3.44. The number of nitrogens with one attached hydrogen (secondary N) is 1. The van der Waals surface area contributed by atoms with Crippen LogP contribution in [0, 0.1) is 0 Å². The van der Waals surface area contributed by atoms with Crippen molar-refractivity contribution in [2.24, 2.45) is 0 Å². The van der Waals surface area contributed by atoms with Crippen LogP contribution in [-0.2, 0) is 4.74 Å². The molecule has 0 spiro atoms. The molecule has 1 N–H and O–H groups in total. The van der Waals surface area contributed by atoms with Crippen LogP contribution in [0.3, 0.4) is 0 Å². The average molecular weight is 245 g/mol. The second-order valence-electron chi connectivity index (χ2n) is 4.40. The van der Waals surface area contributed by atoms with E-state index in [1.165, 1.54) is 12.8 Å². The fraction of sp³-hybridized carbons (Fsp3) is 0.400. The second-order valence-corrected chi connectivity index (χ2v) is 4.40. The highest BCUT2D eigenvalue weighted by molar-refractivity contribution is 5.89. The number of benzene rings is 1. The number of rotatable bonds is 4. The van der Waals surface area contributed by atoms with Crippen LogP contribution >= 0.6 is 0 Å². The van der Waals surface area contributed by atoms with Crippen molar-refractivity contribution in [1.82, 2.24) is 5.32 Å². The van der Waals surface area contributed by atoms with Gasteiger partial charge in [0.2, 0.25) is 0 Å². The van der Waals surface area contributed by atoms with Gasteiger partial charge in [0.1, 0.15) is 0 Å². The van der Waals surface area contributed by atoms with Gasteiger partial charge >= 0.3 is 5.97 Å². The molecule has 1 aliphatic heterocycles. The first kappa shape index (κ1) is 12.8. The summed E-state index contributed by atoms with van der Waals surface area (Å²) in [6.07, 6.45) is 6.73. The summed E-state index contributed by atoms with van der Waals surface area (Å²) in [4.78, 5) is 11.5. The molecule has 1 aromatic rings. The average Bonchev–Trinajstić information content (AvgIpc) is 2.90. The maximum Gasteiger partial charge on any atom is 0.338 e. The van der Waals surface area contributed by atoms with Gasteiger partial charge in [0.15, 0.2) is 0 Å². The summed E-state index contributed by atoms with van der Waals surface area (Å²) in [6.45, 7) is 3.33. The van der Waals surface area contributed by atoms with Crippen LogP contribution in [-0.4, -0.2) is 25.2 Å². The maximum absolute atomic E-state index is 11.5. The number of hydrogen-bond acceptors (Lipinski definition) is 3. The number of ether oxygens (including phenoxy) is 1. The maximum atomic E-state index is 11.5. The molecule has 1 atom stereocenters. The highest BCUT2D eigenvalue weighted by atomic mass is 16.5. The van der Waals surface area contributed by atoms with Gasteiger partial charge in [0.25, 0.3) is 0 Å². The molecule has 0 bridgehead atoms. The molecule has 18 heavy (non-hydrogen) atoms. The van der Waals surface area contributed by atoms with Crippen LogP contribution < -0.4 is 5.32 Å². The molecule has 0 aliphatic carbocycles. The van der Waals surface area contributed by atoms with Gasteiger partial charge < -0.3 is 10.1 Å². The number of carbonyl (C=O) groups is 1. The summed E-state index contributed by atoms with van der Waals surface area (Å²) in [5.74, 6) is -0.259. The number of carbonyl (C=O) groups excluding carboxylic acids is 1. The van der Waals surface area contributed by atoms with Crippen molar-refractivity contribution in [3.63, 3.8) is 0 Å². The Hall–Kier alpha value is -1.61. The predicted molar refractivity (Wildman–Crippen MR) is 72.5 cm³/mol. The highest BCUT2D eigenvalue weighted by Gasteiger charge is 2.09. The van der Waals surface area contributed by atoms with E-state index in [0.717, 1.165) is 12.1 Å². The van der Waals surface area contributed by atoms with E-state index in [0.29, 0.717) is 18.2 Å². The van der Waals surface area contributed by atoms with Crippen LogP contribution in [0.1, 0.15) is 35.7 Å². The van der Waals surface area contributed by atoms with Crippen LogP contribution in [0.4, 0.5) is 0 Å². The lowest BCUT2D eigenvalue weighted by atomic mass is 10.1. The van der Waals surface area contributed by atoms with Gasteiger partial charge in [0.05, 0.1) is 12.2 Å². The summed E-state index contributed by atoms with van der Waals surface area (Å²) in [5.41, 5.74) is 1.71.